The number of benzene rings is 1. The van der Waals surface area contributed by atoms with Crippen LogP contribution < -0.4 is 0 Å². The number of aromatic nitrogens is 2. The van der Waals surface area contributed by atoms with Crippen LogP contribution in [0, 0.1) is 6.92 Å². The summed E-state index contributed by atoms with van der Waals surface area (Å²) < 4.78 is 40.1. The van der Waals surface area contributed by atoms with E-state index in [1.165, 1.54) is 6.07 Å². The maximum absolute atomic E-state index is 12.9. The van der Waals surface area contributed by atoms with Gasteiger partial charge in [-0.05, 0) is 30.7 Å². The first-order valence-corrected chi connectivity index (χ1v) is 6.65. The number of halogens is 5. The molecule has 1 aromatic heterocycles. The van der Waals surface area contributed by atoms with Crippen LogP contribution in [0.3, 0.4) is 0 Å². The Hall–Kier alpha value is -1.54. The summed E-state index contributed by atoms with van der Waals surface area (Å²) in [5.74, 6) is -1.78. The number of alkyl halides is 3. The van der Waals surface area contributed by atoms with Crippen molar-refractivity contribution in [1.29, 1.82) is 0 Å². The zero-order chi connectivity index (χ0) is 15.9. The van der Waals surface area contributed by atoms with Gasteiger partial charge in [-0.1, -0.05) is 27.5 Å². The predicted molar refractivity (Wildman–Crippen MR) is 73.0 cm³/mol. The fraction of sp³-hybridized carbons (Fsp3) is 0.167. The van der Waals surface area contributed by atoms with Gasteiger partial charge in [0.2, 0.25) is 0 Å². The number of carbonyl (C=O) groups is 1. The average Bonchev–Trinajstić information content (AvgIpc) is 2.67. The lowest BCUT2D eigenvalue weighted by Crippen LogP contribution is -2.12. The van der Waals surface area contributed by atoms with Crippen LogP contribution in [-0.2, 0) is 6.18 Å². The Morgan fingerprint density at radius 3 is 2.48 bits per heavy atom. The van der Waals surface area contributed by atoms with Crippen molar-refractivity contribution in [3.63, 3.8) is 0 Å². The first-order chi connectivity index (χ1) is 9.62. The number of carboxylic acid groups (broad SMARTS) is 1. The topological polar surface area (TPSA) is 55.1 Å². The predicted octanol–water partition coefficient (Wildman–Crippen LogP) is 4.31. The van der Waals surface area contributed by atoms with Gasteiger partial charge in [-0.25, -0.2) is 9.48 Å². The molecule has 1 aromatic carbocycles. The number of hydrogen-bond acceptors (Lipinski definition) is 2. The van der Waals surface area contributed by atoms with Crippen LogP contribution in [0.25, 0.3) is 5.69 Å². The molecular weight excluding hydrogens is 376 g/mol. The van der Waals surface area contributed by atoms with Gasteiger partial charge < -0.3 is 5.11 Å². The van der Waals surface area contributed by atoms with Crippen LogP contribution in [0.5, 0.6) is 0 Å². The largest absolute Gasteiger partial charge is 0.478 e. The Morgan fingerprint density at radius 1 is 1.43 bits per heavy atom. The number of aromatic carboxylic acids is 1. The van der Waals surface area contributed by atoms with Gasteiger partial charge in [0.1, 0.15) is 10.7 Å². The maximum atomic E-state index is 12.9. The van der Waals surface area contributed by atoms with Gasteiger partial charge >= 0.3 is 12.1 Å². The molecule has 2 aromatic rings. The lowest BCUT2D eigenvalue weighted by atomic mass is 10.2. The highest BCUT2D eigenvalue weighted by atomic mass is 79.9. The quantitative estimate of drug-likeness (QED) is 0.840. The molecule has 21 heavy (non-hydrogen) atoms. The summed E-state index contributed by atoms with van der Waals surface area (Å²) in [6, 6.07) is 4.74. The smallest absolute Gasteiger partial charge is 0.436 e. The Labute approximate surface area is 130 Å². The van der Waals surface area contributed by atoms with Crippen molar-refractivity contribution in [3.8, 4) is 5.69 Å². The summed E-state index contributed by atoms with van der Waals surface area (Å²) in [6.07, 6.45) is -4.91. The molecule has 0 fully saturated rings. The second-order valence-corrected chi connectivity index (χ2v) is 5.43. The highest BCUT2D eigenvalue weighted by molar-refractivity contribution is 9.10. The zero-order valence-electron chi connectivity index (χ0n) is 10.4. The number of rotatable bonds is 2. The highest BCUT2D eigenvalue weighted by Gasteiger charge is 2.41. The summed E-state index contributed by atoms with van der Waals surface area (Å²) in [7, 11) is 0. The Balaban J connectivity index is 2.74. The monoisotopic (exact) mass is 382 g/mol. The van der Waals surface area contributed by atoms with Crippen molar-refractivity contribution in [1.82, 2.24) is 9.78 Å². The van der Waals surface area contributed by atoms with E-state index in [9.17, 15) is 18.0 Å². The summed E-state index contributed by atoms with van der Waals surface area (Å²) >= 11 is 9.01. The molecule has 4 nitrogen and oxygen atoms in total. The molecular formula is C12H7BrClF3N2O2. The van der Waals surface area contributed by atoms with Crippen molar-refractivity contribution in [2.24, 2.45) is 0 Å². The molecule has 0 aliphatic heterocycles. The van der Waals surface area contributed by atoms with Gasteiger partial charge in [0, 0.05) is 4.47 Å². The normalized spacial score (nSPS) is 11.7. The van der Waals surface area contributed by atoms with Crippen molar-refractivity contribution >= 4 is 33.5 Å². The fourth-order valence-corrected chi connectivity index (χ4v) is 2.58. The van der Waals surface area contributed by atoms with Gasteiger partial charge in [-0.15, -0.1) is 0 Å². The van der Waals surface area contributed by atoms with E-state index in [-0.39, 0.29) is 5.69 Å². The van der Waals surface area contributed by atoms with E-state index in [2.05, 4.69) is 21.0 Å². The molecule has 0 saturated carbocycles. The number of nitrogens with zero attached hydrogens (tertiary/aromatic N) is 2. The SMILES string of the molecule is Cc1cc(Br)ccc1-n1nc(C(F)(F)F)c(C(=O)O)c1Cl. The molecule has 9 heteroatoms. The maximum Gasteiger partial charge on any atom is 0.436 e. The molecule has 0 aliphatic rings. The van der Waals surface area contributed by atoms with E-state index in [0.717, 1.165) is 9.15 Å². The second kappa shape index (κ2) is 5.34. The zero-order valence-corrected chi connectivity index (χ0v) is 12.7. The second-order valence-electron chi connectivity index (χ2n) is 4.16. The first kappa shape index (κ1) is 15.8. The molecule has 1 N–H and O–H groups in total. The van der Waals surface area contributed by atoms with E-state index in [1.54, 1.807) is 19.1 Å². The number of hydrogen-bond donors (Lipinski definition) is 1. The summed E-state index contributed by atoms with van der Waals surface area (Å²) in [5, 5.41) is 11.7. The van der Waals surface area contributed by atoms with E-state index in [0.29, 0.717) is 5.56 Å². The van der Waals surface area contributed by atoms with Crippen molar-refractivity contribution in [2.75, 3.05) is 0 Å². The highest BCUT2D eigenvalue weighted by Crippen LogP contribution is 2.36. The van der Waals surface area contributed by atoms with E-state index < -0.39 is 28.6 Å². The molecule has 0 unspecified atom stereocenters. The Kier molecular flexibility index (Phi) is 4.03. The summed E-state index contributed by atoms with van der Waals surface area (Å²) in [6.45, 7) is 1.64. The first-order valence-electron chi connectivity index (χ1n) is 5.48. The number of carboxylic acids is 1. The van der Waals surface area contributed by atoms with Crippen LogP contribution in [0.2, 0.25) is 5.15 Å². The van der Waals surface area contributed by atoms with Crippen LogP contribution in [0.15, 0.2) is 22.7 Å². The van der Waals surface area contributed by atoms with Crippen LogP contribution in [0.1, 0.15) is 21.6 Å². The molecule has 0 spiro atoms. The van der Waals surface area contributed by atoms with Gasteiger partial charge in [-0.3, -0.25) is 0 Å². The summed E-state index contributed by atoms with van der Waals surface area (Å²) in [4.78, 5) is 11.0. The molecule has 0 atom stereocenters. The third-order valence-electron chi connectivity index (χ3n) is 2.70. The van der Waals surface area contributed by atoms with Crippen LogP contribution in [0.4, 0.5) is 13.2 Å². The summed E-state index contributed by atoms with van der Waals surface area (Å²) in [5.41, 5.74) is -1.74. The van der Waals surface area contributed by atoms with E-state index in [1.807, 2.05) is 0 Å². The fourth-order valence-electron chi connectivity index (χ4n) is 1.80. The van der Waals surface area contributed by atoms with Gasteiger partial charge in [0.25, 0.3) is 0 Å². The van der Waals surface area contributed by atoms with E-state index in [4.69, 9.17) is 16.7 Å². The third-order valence-corrected chi connectivity index (χ3v) is 3.54. The van der Waals surface area contributed by atoms with Crippen molar-refractivity contribution in [3.05, 3.63) is 44.6 Å². The Bertz CT molecular complexity index is 728. The molecule has 0 amide bonds. The van der Waals surface area contributed by atoms with Gasteiger partial charge in [0.15, 0.2) is 5.69 Å². The standard InChI is InChI=1S/C12H7BrClF3N2O2/c1-5-4-6(13)2-3-7(5)19-10(14)8(11(20)21)9(18-19)12(15,16)17/h2-4H,1H3,(H,20,21). The molecule has 0 saturated heterocycles. The molecule has 2 rings (SSSR count). The van der Waals surface area contributed by atoms with Gasteiger partial charge in [0.05, 0.1) is 5.69 Å². The number of aryl methyl sites for hydroxylation is 1. The van der Waals surface area contributed by atoms with Crippen LogP contribution in [-0.4, -0.2) is 20.9 Å². The van der Waals surface area contributed by atoms with Crippen molar-refractivity contribution < 1.29 is 23.1 Å². The van der Waals surface area contributed by atoms with Gasteiger partial charge in [-0.2, -0.15) is 18.3 Å². The minimum atomic E-state index is -4.91. The minimum Gasteiger partial charge on any atom is -0.478 e. The Morgan fingerprint density at radius 2 is 2.05 bits per heavy atom. The van der Waals surface area contributed by atoms with E-state index >= 15 is 0 Å². The lowest BCUT2D eigenvalue weighted by Gasteiger charge is -2.07. The molecule has 112 valence electrons. The lowest BCUT2D eigenvalue weighted by molar-refractivity contribution is -0.141. The molecule has 1 heterocycles. The minimum absolute atomic E-state index is 0.265. The average molecular weight is 384 g/mol. The molecule has 0 bridgehead atoms. The third kappa shape index (κ3) is 2.91. The molecule has 0 radical (unpaired) electrons. The molecule has 0 aliphatic carbocycles. The van der Waals surface area contributed by atoms with Crippen molar-refractivity contribution in [2.45, 2.75) is 13.1 Å². The van der Waals surface area contributed by atoms with Crippen LogP contribution >= 0.6 is 27.5 Å².